The smallest absolute Gasteiger partial charge is 0.422 e. The molecule has 0 radical (unpaired) electrons. The molecule has 1 aliphatic heterocycles. The second kappa shape index (κ2) is 6.59. The number of amides is 1. The Hall–Kier alpha value is -2.22. The van der Waals surface area contributed by atoms with Gasteiger partial charge in [-0.05, 0) is 25.1 Å². The predicted molar refractivity (Wildman–Crippen MR) is 84.7 cm³/mol. The van der Waals surface area contributed by atoms with Crippen LogP contribution in [0.3, 0.4) is 0 Å². The van der Waals surface area contributed by atoms with Crippen LogP contribution >= 0.6 is 11.6 Å². The van der Waals surface area contributed by atoms with Gasteiger partial charge in [-0.15, -0.1) is 0 Å². The van der Waals surface area contributed by atoms with Gasteiger partial charge in [-0.3, -0.25) is 4.79 Å². The summed E-state index contributed by atoms with van der Waals surface area (Å²) in [5, 5.41) is -0.136. The molecular formula is C16H15ClF3N3O2. The maximum atomic E-state index is 12.7. The molecule has 25 heavy (non-hydrogen) atoms. The van der Waals surface area contributed by atoms with Gasteiger partial charge in [0.25, 0.3) is 5.91 Å². The Labute approximate surface area is 147 Å². The molecule has 3 heterocycles. The number of carbonyl (C=O) groups is 1. The molecule has 1 aliphatic rings. The first-order valence-corrected chi connectivity index (χ1v) is 7.95. The van der Waals surface area contributed by atoms with Crippen LogP contribution in [0, 0.1) is 0 Å². The van der Waals surface area contributed by atoms with E-state index in [1.807, 2.05) is 25.3 Å². The summed E-state index contributed by atoms with van der Waals surface area (Å²) in [4.78, 5) is 18.1. The lowest BCUT2D eigenvalue weighted by molar-refractivity contribution is -0.154. The topological polar surface area (TPSA) is 47.4 Å². The Kier molecular flexibility index (Phi) is 4.64. The van der Waals surface area contributed by atoms with Gasteiger partial charge in [-0.25, -0.2) is 4.98 Å². The lowest BCUT2D eigenvalue weighted by atomic mass is 10.1. The monoisotopic (exact) mass is 373 g/mol. The normalized spacial score (nSPS) is 17.3. The third-order valence-electron chi connectivity index (χ3n) is 4.03. The first-order chi connectivity index (χ1) is 11.8. The number of alkyl halides is 3. The summed E-state index contributed by atoms with van der Waals surface area (Å²) in [5.74, 6) is -0.632. The van der Waals surface area contributed by atoms with Crippen LogP contribution in [0.2, 0.25) is 5.02 Å². The minimum absolute atomic E-state index is 0.129. The first-order valence-electron chi connectivity index (χ1n) is 7.57. The van der Waals surface area contributed by atoms with E-state index in [4.69, 9.17) is 11.6 Å². The van der Waals surface area contributed by atoms with Crippen LogP contribution < -0.4 is 4.74 Å². The summed E-state index contributed by atoms with van der Waals surface area (Å²) in [7, 11) is 0. The van der Waals surface area contributed by atoms with Crippen LogP contribution in [0.4, 0.5) is 13.2 Å². The number of carbonyl (C=O) groups excluding carboxylic acids is 1. The van der Waals surface area contributed by atoms with Crippen LogP contribution in [0.25, 0.3) is 0 Å². The zero-order valence-electron chi connectivity index (χ0n) is 13.3. The van der Waals surface area contributed by atoms with Gasteiger partial charge in [0, 0.05) is 31.2 Å². The van der Waals surface area contributed by atoms with Crippen LogP contribution in [-0.2, 0) is 6.54 Å². The van der Waals surface area contributed by atoms with Crippen molar-refractivity contribution in [2.24, 2.45) is 0 Å². The number of hydrogen-bond acceptors (Lipinski definition) is 3. The van der Waals surface area contributed by atoms with Gasteiger partial charge in [0.15, 0.2) is 6.61 Å². The van der Waals surface area contributed by atoms with Gasteiger partial charge in [0.2, 0.25) is 5.88 Å². The molecule has 0 bridgehead atoms. The van der Waals surface area contributed by atoms with Crippen molar-refractivity contribution < 1.29 is 22.7 Å². The van der Waals surface area contributed by atoms with Crippen LogP contribution in [-0.4, -0.2) is 39.7 Å². The fourth-order valence-corrected chi connectivity index (χ4v) is 3.04. The molecule has 3 rings (SSSR count). The van der Waals surface area contributed by atoms with Crippen molar-refractivity contribution in [1.82, 2.24) is 14.5 Å². The van der Waals surface area contributed by atoms with Crippen LogP contribution in [0.5, 0.6) is 5.88 Å². The zero-order valence-corrected chi connectivity index (χ0v) is 14.0. The standard InChI is InChI=1S/C16H15ClF3N3O2/c1-10-13-3-2-4-22(13)5-6-23(10)15(24)11-7-12(17)14(21-8-11)25-9-16(18,19)20/h2-4,7-8,10H,5-6,9H2,1H3. The van der Waals surface area contributed by atoms with Gasteiger partial charge in [-0.1, -0.05) is 11.6 Å². The second-order valence-corrected chi connectivity index (χ2v) is 6.12. The highest BCUT2D eigenvalue weighted by atomic mass is 35.5. The first kappa shape index (κ1) is 17.6. The molecule has 0 spiro atoms. The highest BCUT2D eigenvalue weighted by Gasteiger charge is 2.30. The van der Waals surface area contributed by atoms with E-state index >= 15 is 0 Å². The average molecular weight is 374 g/mol. The molecule has 0 saturated carbocycles. The number of fused-ring (bicyclic) bond motifs is 1. The third-order valence-corrected chi connectivity index (χ3v) is 4.30. The fourth-order valence-electron chi connectivity index (χ4n) is 2.82. The Bertz CT molecular complexity index is 791. The second-order valence-electron chi connectivity index (χ2n) is 5.72. The summed E-state index contributed by atoms with van der Waals surface area (Å²) >= 11 is 5.91. The molecule has 1 amide bonds. The Morgan fingerprint density at radius 1 is 1.44 bits per heavy atom. The number of pyridine rings is 1. The fraction of sp³-hybridized carbons (Fsp3) is 0.375. The lowest BCUT2D eigenvalue weighted by Crippen LogP contribution is -2.40. The summed E-state index contributed by atoms with van der Waals surface area (Å²) in [6.45, 7) is 1.61. The van der Waals surface area contributed by atoms with E-state index in [2.05, 4.69) is 14.3 Å². The molecule has 1 unspecified atom stereocenters. The summed E-state index contributed by atoms with van der Waals surface area (Å²) in [5.41, 5.74) is 1.22. The van der Waals surface area contributed by atoms with Crippen molar-refractivity contribution in [3.8, 4) is 5.88 Å². The average Bonchev–Trinajstić information content (AvgIpc) is 3.02. The minimum atomic E-state index is -4.49. The Morgan fingerprint density at radius 3 is 2.88 bits per heavy atom. The van der Waals surface area contributed by atoms with E-state index in [0.29, 0.717) is 13.1 Å². The molecule has 0 fully saturated rings. The number of ether oxygens (including phenoxy) is 1. The molecule has 0 aromatic carbocycles. The van der Waals surface area contributed by atoms with E-state index in [9.17, 15) is 18.0 Å². The zero-order chi connectivity index (χ0) is 18.2. The van der Waals surface area contributed by atoms with Gasteiger partial charge in [0.05, 0.1) is 11.6 Å². The highest BCUT2D eigenvalue weighted by Crippen LogP contribution is 2.29. The van der Waals surface area contributed by atoms with Gasteiger partial charge in [0.1, 0.15) is 5.02 Å². The number of aromatic nitrogens is 2. The van der Waals surface area contributed by atoms with E-state index < -0.39 is 12.8 Å². The Balaban J connectivity index is 1.76. The lowest BCUT2D eigenvalue weighted by Gasteiger charge is -2.35. The van der Waals surface area contributed by atoms with Crippen molar-refractivity contribution in [2.45, 2.75) is 25.7 Å². The van der Waals surface area contributed by atoms with Gasteiger partial charge < -0.3 is 14.2 Å². The molecule has 0 aliphatic carbocycles. The molecule has 1 atom stereocenters. The highest BCUT2D eigenvalue weighted by molar-refractivity contribution is 6.32. The maximum absolute atomic E-state index is 12.7. The molecule has 134 valence electrons. The van der Waals surface area contributed by atoms with Crippen LogP contribution in [0.15, 0.2) is 30.6 Å². The van der Waals surface area contributed by atoms with Crippen molar-refractivity contribution in [2.75, 3.05) is 13.2 Å². The van der Waals surface area contributed by atoms with E-state index in [1.165, 1.54) is 12.3 Å². The molecule has 9 heteroatoms. The number of rotatable bonds is 3. The maximum Gasteiger partial charge on any atom is 0.422 e. The van der Waals surface area contributed by atoms with Crippen molar-refractivity contribution in [3.63, 3.8) is 0 Å². The Morgan fingerprint density at radius 2 is 2.20 bits per heavy atom. The van der Waals surface area contributed by atoms with Gasteiger partial charge in [-0.2, -0.15) is 13.2 Å². The van der Waals surface area contributed by atoms with E-state index in [0.717, 1.165) is 5.69 Å². The van der Waals surface area contributed by atoms with E-state index in [-0.39, 0.29) is 28.4 Å². The summed E-state index contributed by atoms with van der Waals surface area (Å²) in [6, 6.07) is 5.02. The number of halogens is 4. The minimum Gasteiger partial charge on any atom is -0.467 e. The van der Waals surface area contributed by atoms with Crippen LogP contribution in [0.1, 0.15) is 29.0 Å². The third kappa shape index (κ3) is 3.73. The largest absolute Gasteiger partial charge is 0.467 e. The number of hydrogen-bond donors (Lipinski definition) is 0. The molecule has 2 aromatic heterocycles. The van der Waals surface area contributed by atoms with Crippen molar-refractivity contribution in [3.05, 3.63) is 46.9 Å². The van der Waals surface area contributed by atoms with Crippen molar-refractivity contribution in [1.29, 1.82) is 0 Å². The molecule has 0 N–H and O–H groups in total. The molecule has 5 nitrogen and oxygen atoms in total. The quantitative estimate of drug-likeness (QED) is 0.824. The number of nitrogens with zero attached hydrogens (tertiary/aromatic N) is 3. The van der Waals surface area contributed by atoms with Crippen molar-refractivity contribution >= 4 is 17.5 Å². The molecular weight excluding hydrogens is 359 g/mol. The SMILES string of the molecule is CC1c2cccn2CCN1C(=O)c1cnc(OCC(F)(F)F)c(Cl)c1. The van der Waals surface area contributed by atoms with Gasteiger partial charge >= 0.3 is 6.18 Å². The summed E-state index contributed by atoms with van der Waals surface area (Å²) in [6.07, 6.45) is -1.35. The van der Waals surface area contributed by atoms with E-state index in [1.54, 1.807) is 4.90 Å². The molecule has 0 saturated heterocycles. The predicted octanol–water partition coefficient (Wildman–Crippen LogP) is 3.69. The summed E-state index contributed by atoms with van der Waals surface area (Å²) < 4.78 is 43.2. The molecule has 2 aromatic rings.